The van der Waals surface area contributed by atoms with Crippen molar-refractivity contribution in [1.82, 2.24) is 15.5 Å². The summed E-state index contributed by atoms with van der Waals surface area (Å²) in [7, 11) is 1.60. The van der Waals surface area contributed by atoms with Crippen LogP contribution in [-0.4, -0.2) is 55.1 Å². The van der Waals surface area contributed by atoms with Crippen LogP contribution < -0.4 is 20.7 Å². The van der Waals surface area contributed by atoms with Crippen LogP contribution in [0, 0.1) is 0 Å². The lowest BCUT2D eigenvalue weighted by Crippen LogP contribution is -2.34. The number of benzene rings is 2. The van der Waals surface area contributed by atoms with E-state index in [0.29, 0.717) is 17.8 Å². The summed E-state index contributed by atoms with van der Waals surface area (Å²) >= 11 is 5.19. The molecular weight excluding hydrogens is 424 g/mol. The van der Waals surface area contributed by atoms with Gasteiger partial charge >= 0.3 is 0 Å². The van der Waals surface area contributed by atoms with Gasteiger partial charge in [0, 0.05) is 30.4 Å². The molecule has 32 heavy (non-hydrogen) atoms. The van der Waals surface area contributed by atoms with Gasteiger partial charge in [0.1, 0.15) is 5.75 Å². The van der Waals surface area contributed by atoms with E-state index in [1.54, 1.807) is 37.5 Å². The van der Waals surface area contributed by atoms with Crippen LogP contribution in [-0.2, 0) is 4.79 Å². The van der Waals surface area contributed by atoms with Crippen LogP contribution in [0.15, 0.2) is 54.6 Å². The smallest absolute Gasteiger partial charge is 0.251 e. The summed E-state index contributed by atoms with van der Waals surface area (Å²) in [4.78, 5) is 26.6. The second kappa shape index (κ2) is 13.2. The Morgan fingerprint density at radius 1 is 1.03 bits per heavy atom. The maximum atomic E-state index is 12.3. The molecule has 170 valence electrons. The van der Waals surface area contributed by atoms with Gasteiger partial charge in [0.25, 0.3) is 5.91 Å². The molecule has 7 nitrogen and oxygen atoms in total. The molecule has 0 fully saturated rings. The molecule has 2 aromatic carbocycles. The Bertz CT molecular complexity index is 923. The van der Waals surface area contributed by atoms with E-state index >= 15 is 0 Å². The highest BCUT2D eigenvalue weighted by Gasteiger charge is 2.07. The van der Waals surface area contributed by atoms with Gasteiger partial charge in [0.05, 0.1) is 7.11 Å². The van der Waals surface area contributed by atoms with E-state index in [9.17, 15) is 9.59 Å². The van der Waals surface area contributed by atoms with Crippen LogP contribution in [0.1, 0.15) is 29.8 Å². The first-order chi connectivity index (χ1) is 15.4. The Labute approximate surface area is 194 Å². The third-order valence-corrected chi connectivity index (χ3v) is 5.00. The van der Waals surface area contributed by atoms with Crippen molar-refractivity contribution < 1.29 is 14.3 Å². The summed E-state index contributed by atoms with van der Waals surface area (Å²) in [6.07, 6.45) is 3.09. The molecule has 0 aromatic heterocycles. The predicted octanol–water partition coefficient (Wildman–Crippen LogP) is 3.29. The molecule has 0 heterocycles. The van der Waals surface area contributed by atoms with Crippen LogP contribution >= 0.6 is 12.2 Å². The van der Waals surface area contributed by atoms with E-state index in [0.717, 1.165) is 30.9 Å². The fourth-order valence-electron chi connectivity index (χ4n) is 2.88. The number of nitrogens with zero attached hydrogens (tertiary/aromatic N) is 1. The van der Waals surface area contributed by atoms with E-state index in [-0.39, 0.29) is 16.9 Å². The minimum Gasteiger partial charge on any atom is -0.497 e. The fraction of sp³-hybridized carbons (Fsp3) is 0.292. The molecule has 0 radical (unpaired) electrons. The standard InChI is InChI=1S/C24H30N4O3S/c1-4-28(5-2)17-16-25-23(30)19-9-11-20(12-10-19)26-24(32)27-22(29)15-8-18-6-13-21(31-3)14-7-18/h6-15H,4-5,16-17H2,1-3H3,(H,25,30)(H2,26,27,29,32)/b15-8+. The van der Waals surface area contributed by atoms with Crippen molar-refractivity contribution in [2.45, 2.75) is 13.8 Å². The van der Waals surface area contributed by atoms with Crippen LogP contribution in [0.4, 0.5) is 5.69 Å². The van der Waals surface area contributed by atoms with Gasteiger partial charge < -0.3 is 20.3 Å². The summed E-state index contributed by atoms with van der Waals surface area (Å²) < 4.78 is 5.11. The van der Waals surface area contributed by atoms with Gasteiger partial charge in [-0.1, -0.05) is 26.0 Å². The highest BCUT2D eigenvalue weighted by Crippen LogP contribution is 2.12. The van der Waals surface area contributed by atoms with Gasteiger partial charge in [0.2, 0.25) is 5.91 Å². The Balaban J connectivity index is 1.79. The number of amides is 2. The van der Waals surface area contributed by atoms with E-state index in [4.69, 9.17) is 17.0 Å². The Hall–Kier alpha value is -3.23. The molecule has 2 amide bonds. The van der Waals surface area contributed by atoms with Gasteiger partial charge in [-0.05, 0) is 73.3 Å². The molecular formula is C24H30N4O3S. The number of rotatable bonds is 10. The summed E-state index contributed by atoms with van der Waals surface area (Å²) in [6, 6.07) is 14.2. The largest absolute Gasteiger partial charge is 0.497 e. The van der Waals surface area contributed by atoms with Gasteiger partial charge in [-0.2, -0.15) is 0 Å². The second-order valence-corrected chi connectivity index (χ2v) is 7.32. The van der Waals surface area contributed by atoms with Gasteiger partial charge in [-0.3, -0.25) is 14.9 Å². The summed E-state index contributed by atoms with van der Waals surface area (Å²) in [6.45, 7) is 7.53. The molecule has 0 aliphatic carbocycles. The van der Waals surface area contributed by atoms with E-state index in [1.165, 1.54) is 6.08 Å². The van der Waals surface area contributed by atoms with Gasteiger partial charge in [0.15, 0.2) is 5.11 Å². The number of carbonyl (C=O) groups is 2. The number of thiocarbonyl (C=S) groups is 1. The molecule has 0 aliphatic rings. The van der Waals surface area contributed by atoms with E-state index in [2.05, 4.69) is 34.7 Å². The molecule has 0 saturated heterocycles. The van der Waals surface area contributed by atoms with Crippen LogP contribution in [0.5, 0.6) is 5.75 Å². The average molecular weight is 455 g/mol. The quantitative estimate of drug-likeness (QED) is 0.378. The minimum atomic E-state index is -0.345. The van der Waals surface area contributed by atoms with Crippen molar-refractivity contribution in [3.63, 3.8) is 0 Å². The third kappa shape index (κ3) is 8.49. The van der Waals surface area contributed by atoms with Gasteiger partial charge in [-0.25, -0.2) is 0 Å². The molecule has 3 N–H and O–H groups in total. The predicted molar refractivity (Wildman–Crippen MR) is 133 cm³/mol. The maximum absolute atomic E-state index is 12.3. The van der Waals surface area contributed by atoms with Crippen LogP contribution in [0.25, 0.3) is 6.08 Å². The average Bonchev–Trinajstić information content (AvgIpc) is 2.81. The zero-order valence-electron chi connectivity index (χ0n) is 18.7. The number of likely N-dealkylation sites (N-methyl/N-ethyl adjacent to an activating group) is 1. The lowest BCUT2D eigenvalue weighted by molar-refractivity contribution is -0.115. The minimum absolute atomic E-state index is 0.122. The van der Waals surface area contributed by atoms with E-state index in [1.807, 2.05) is 24.3 Å². The SMILES string of the molecule is CCN(CC)CCNC(=O)c1ccc(NC(=S)NC(=O)/C=C/c2ccc(OC)cc2)cc1. The fourth-order valence-corrected chi connectivity index (χ4v) is 3.10. The zero-order valence-corrected chi connectivity index (χ0v) is 19.5. The lowest BCUT2D eigenvalue weighted by atomic mass is 10.2. The Morgan fingerprint density at radius 2 is 1.69 bits per heavy atom. The van der Waals surface area contributed by atoms with Crippen LogP contribution in [0.3, 0.4) is 0 Å². The second-order valence-electron chi connectivity index (χ2n) is 6.91. The number of hydrogen-bond donors (Lipinski definition) is 3. The molecule has 2 aromatic rings. The monoisotopic (exact) mass is 454 g/mol. The van der Waals surface area contributed by atoms with Crippen molar-refractivity contribution in [3.05, 3.63) is 65.7 Å². The topological polar surface area (TPSA) is 82.7 Å². The first-order valence-electron chi connectivity index (χ1n) is 10.5. The van der Waals surface area contributed by atoms with Crippen molar-refractivity contribution in [3.8, 4) is 5.75 Å². The van der Waals surface area contributed by atoms with Gasteiger partial charge in [-0.15, -0.1) is 0 Å². The number of carbonyl (C=O) groups excluding carboxylic acids is 2. The molecule has 0 saturated carbocycles. The normalized spacial score (nSPS) is 10.8. The Morgan fingerprint density at radius 3 is 2.28 bits per heavy atom. The van der Waals surface area contributed by atoms with Crippen molar-refractivity contribution in [2.24, 2.45) is 0 Å². The summed E-state index contributed by atoms with van der Waals surface area (Å²) in [5.41, 5.74) is 2.10. The Kier molecular flexibility index (Phi) is 10.4. The summed E-state index contributed by atoms with van der Waals surface area (Å²) in [5, 5.41) is 8.62. The number of ether oxygens (including phenoxy) is 1. The first kappa shape index (κ1) is 25.0. The van der Waals surface area contributed by atoms with Crippen molar-refractivity contribution >= 4 is 40.9 Å². The molecule has 0 unspecified atom stereocenters. The number of anilines is 1. The molecule has 0 spiro atoms. The highest BCUT2D eigenvalue weighted by atomic mass is 32.1. The maximum Gasteiger partial charge on any atom is 0.251 e. The molecule has 2 rings (SSSR count). The number of hydrogen-bond acceptors (Lipinski definition) is 5. The first-order valence-corrected chi connectivity index (χ1v) is 10.9. The molecule has 0 bridgehead atoms. The number of nitrogens with one attached hydrogen (secondary N) is 3. The van der Waals surface area contributed by atoms with Crippen molar-refractivity contribution in [2.75, 3.05) is 38.6 Å². The van der Waals surface area contributed by atoms with E-state index < -0.39 is 0 Å². The lowest BCUT2D eigenvalue weighted by Gasteiger charge is -2.18. The number of methoxy groups -OCH3 is 1. The van der Waals surface area contributed by atoms with Crippen molar-refractivity contribution in [1.29, 1.82) is 0 Å². The van der Waals surface area contributed by atoms with Crippen LogP contribution in [0.2, 0.25) is 0 Å². The zero-order chi connectivity index (χ0) is 23.3. The summed E-state index contributed by atoms with van der Waals surface area (Å²) in [5.74, 6) is 0.283. The molecule has 0 atom stereocenters. The third-order valence-electron chi connectivity index (χ3n) is 4.79. The highest BCUT2D eigenvalue weighted by molar-refractivity contribution is 7.80. The molecule has 0 aliphatic heterocycles. The molecule has 8 heteroatoms.